The zero-order chi connectivity index (χ0) is 17.0. The van der Waals surface area contributed by atoms with Crippen LogP contribution in [0.4, 0.5) is 5.13 Å². The lowest BCUT2D eigenvalue weighted by atomic mass is 9.87. The highest BCUT2D eigenvalue weighted by Crippen LogP contribution is 2.31. The molecule has 0 spiro atoms. The molecule has 23 heavy (non-hydrogen) atoms. The van der Waals surface area contributed by atoms with E-state index >= 15 is 0 Å². The molecule has 0 unspecified atom stereocenters. The van der Waals surface area contributed by atoms with E-state index in [-0.39, 0.29) is 11.3 Å². The Morgan fingerprint density at radius 3 is 2.30 bits per heavy atom. The van der Waals surface area contributed by atoms with Gasteiger partial charge in [-0.1, -0.05) is 63.3 Å². The molecule has 124 valence electrons. The van der Waals surface area contributed by atoms with Gasteiger partial charge in [-0.2, -0.15) is 0 Å². The van der Waals surface area contributed by atoms with Crippen LogP contribution in [0.3, 0.4) is 0 Å². The summed E-state index contributed by atoms with van der Waals surface area (Å²) >= 11 is 1.47. The molecule has 1 amide bonds. The second kappa shape index (κ2) is 7.21. The molecular weight excluding hydrogens is 306 g/mol. The second-order valence-corrected chi connectivity index (χ2v) is 7.56. The molecule has 0 atom stereocenters. The van der Waals surface area contributed by atoms with Gasteiger partial charge in [-0.15, -0.1) is 10.2 Å². The van der Waals surface area contributed by atoms with Crippen LogP contribution in [0.15, 0.2) is 24.3 Å². The van der Waals surface area contributed by atoms with Crippen molar-refractivity contribution in [2.75, 3.05) is 11.4 Å². The Bertz CT molecular complexity index is 656. The Morgan fingerprint density at radius 2 is 1.78 bits per heavy atom. The van der Waals surface area contributed by atoms with Crippen molar-refractivity contribution in [1.82, 2.24) is 10.2 Å². The molecule has 0 fully saturated rings. The van der Waals surface area contributed by atoms with Gasteiger partial charge in [0.25, 0.3) is 0 Å². The SMILES string of the molecule is CCCC(=O)N(CC)c1nnc(-c2ccc(C(C)(C)C)cc2)s1. The first-order chi connectivity index (χ1) is 10.9. The minimum atomic E-state index is 0.112. The van der Waals surface area contributed by atoms with E-state index in [9.17, 15) is 4.79 Å². The fourth-order valence-corrected chi connectivity index (χ4v) is 3.25. The van der Waals surface area contributed by atoms with Crippen LogP contribution < -0.4 is 4.90 Å². The summed E-state index contributed by atoms with van der Waals surface area (Å²) in [6, 6.07) is 8.43. The highest BCUT2D eigenvalue weighted by molar-refractivity contribution is 7.18. The van der Waals surface area contributed by atoms with E-state index in [1.54, 1.807) is 4.90 Å². The van der Waals surface area contributed by atoms with Crippen LogP contribution in [0, 0.1) is 0 Å². The third-order valence-corrected chi connectivity index (χ3v) is 4.72. The number of carbonyl (C=O) groups is 1. The summed E-state index contributed by atoms with van der Waals surface area (Å²) in [5.41, 5.74) is 2.47. The van der Waals surface area contributed by atoms with Gasteiger partial charge in [-0.05, 0) is 24.3 Å². The molecule has 1 heterocycles. The molecule has 0 N–H and O–H groups in total. The fraction of sp³-hybridized carbons (Fsp3) is 0.500. The minimum absolute atomic E-state index is 0.112. The van der Waals surface area contributed by atoms with E-state index in [2.05, 4.69) is 55.2 Å². The molecule has 0 saturated carbocycles. The van der Waals surface area contributed by atoms with Gasteiger partial charge >= 0.3 is 0 Å². The first-order valence-corrected chi connectivity index (χ1v) is 8.93. The van der Waals surface area contributed by atoms with Gasteiger partial charge in [0.2, 0.25) is 11.0 Å². The summed E-state index contributed by atoms with van der Waals surface area (Å²) in [5.74, 6) is 0.112. The molecule has 0 bridgehead atoms. The van der Waals surface area contributed by atoms with Crippen molar-refractivity contribution in [3.8, 4) is 10.6 Å². The van der Waals surface area contributed by atoms with Crippen LogP contribution in [0.2, 0.25) is 0 Å². The van der Waals surface area contributed by atoms with E-state index in [1.807, 2.05) is 13.8 Å². The van der Waals surface area contributed by atoms with E-state index in [4.69, 9.17) is 0 Å². The number of aromatic nitrogens is 2. The first kappa shape index (κ1) is 17.6. The Balaban J connectivity index is 2.23. The van der Waals surface area contributed by atoms with Crippen LogP contribution in [0.1, 0.15) is 53.0 Å². The molecule has 0 aliphatic carbocycles. The maximum absolute atomic E-state index is 12.1. The maximum atomic E-state index is 12.1. The maximum Gasteiger partial charge on any atom is 0.228 e. The van der Waals surface area contributed by atoms with Crippen molar-refractivity contribution in [2.45, 2.75) is 52.9 Å². The average molecular weight is 331 g/mol. The zero-order valence-corrected chi connectivity index (χ0v) is 15.4. The monoisotopic (exact) mass is 331 g/mol. The van der Waals surface area contributed by atoms with E-state index in [1.165, 1.54) is 16.9 Å². The molecule has 4 nitrogen and oxygen atoms in total. The standard InChI is InChI=1S/C18H25N3OS/c1-6-8-15(22)21(7-2)17-20-19-16(23-17)13-9-11-14(12-10-13)18(3,4)5/h9-12H,6-8H2,1-5H3. The van der Waals surface area contributed by atoms with Crippen LogP contribution in [-0.4, -0.2) is 22.6 Å². The van der Waals surface area contributed by atoms with Gasteiger partial charge in [-0.3, -0.25) is 9.69 Å². The molecule has 1 aromatic carbocycles. The summed E-state index contributed by atoms with van der Waals surface area (Å²) in [7, 11) is 0. The van der Waals surface area contributed by atoms with Crippen LogP contribution in [-0.2, 0) is 10.2 Å². The van der Waals surface area contributed by atoms with Crippen molar-refractivity contribution >= 4 is 22.4 Å². The Hall–Kier alpha value is -1.75. The molecule has 2 rings (SSSR count). The number of benzene rings is 1. The third kappa shape index (κ3) is 4.16. The zero-order valence-electron chi connectivity index (χ0n) is 14.6. The summed E-state index contributed by atoms with van der Waals surface area (Å²) in [4.78, 5) is 13.9. The normalized spacial score (nSPS) is 11.5. The van der Waals surface area contributed by atoms with Gasteiger partial charge in [0.15, 0.2) is 0 Å². The van der Waals surface area contributed by atoms with Gasteiger partial charge in [-0.25, -0.2) is 0 Å². The van der Waals surface area contributed by atoms with Crippen molar-refractivity contribution in [3.63, 3.8) is 0 Å². The fourth-order valence-electron chi connectivity index (χ4n) is 2.32. The average Bonchev–Trinajstić information content (AvgIpc) is 2.97. The van der Waals surface area contributed by atoms with E-state index < -0.39 is 0 Å². The van der Waals surface area contributed by atoms with E-state index in [0.717, 1.165) is 17.0 Å². The molecule has 0 aliphatic heterocycles. The molecule has 0 radical (unpaired) electrons. The molecule has 0 saturated heterocycles. The number of hydrogen-bond acceptors (Lipinski definition) is 4. The largest absolute Gasteiger partial charge is 0.287 e. The Labute approximate surface area is 142 Å². The number of carbonyl (C=O) groups excluding carboxylic acids is 1. The highest BCUT2D eigenvalue weighted by Gasteiger charge is 2.19. The molecule has 5 heteroatoms. The summed E-state index contributed by atoms with van der Waals surface area (Å²) < 4.78 is 0. The number of nitrogens with zero attached hydrogens (tertiary/aromatic N) is 3. The van der Waals surface area contributed by atoms with Crippen molar-refractivity contribution in [2.24, 2.45) is 0 Å². The predicted octanol–water partition coefficient (Wildman–Crippen LogP) is 4.66. The first-order valence-electron chi connectivity index (χ1n) is 8.11. The Kier molecular flexibility index (Phi) is 5.52. The summed E-state index contributed by atoms with van der Waals surface area (Å²) in [6.45, 7) is 11.2. The number of anilines is 1. The van der Waals surface area contributed by atoms with Crippen molar-refractivity contribution in [3.05, 3.63) is 29.8 Å². The van der Waals surface area contributed by atoms with E-state index in [0.29, 0.717) is 18.1 Å². The quantitative estimate of drug-likeness (QED) is 0.801. The van der Waals surface area contributed by atoms with Gasteiger partial charge in [0, 0.05) is 18.5 Å². The molecule has 2 aromatic rings. The summed E-state index contributed by atoms with van der Waals surface area (Å²) in [5, 5.41) is 10.0. The Morgan fingerprint density at radius 1 is 1.13 bits per heavy atom. The molecule has 1 aromatic heterocycles. The third-order valence-electron chi connectivity index (χ3n) is 3.72. The minimum Gasteiger partial charge on any atom is -0.287 e. The smallest absolute Gasteiger partial charge is 0.228 e. The molecular formula is C18H25N3OS. The predicted molar refractivity (Wildman–Crippen MR) is 97.0 cm³/mol. The van der Waals surface area contributed by atoms with Crippen molar-refractivity contribution < 1.29 is 4.79 Å². The van der Waals surface area contributed by atoms with Crippen LogP contribution in [0.5, 0.6) is 0 Å². The van der Waals surface area contributed by atoms with Crippen molar-refractivity contribution in [1.29, 1.82) is 0 Å². The lowest BCUT2D eigenvalue weighted by Gasteiger charge is -2.18. The number of rotatable bonds is 5. The number of hydrogen-bond donors (Lipinski definition) is 0. The van der Waals surface area contributed by atoms with Gasteiger partial charge in [0.1, 0.15) is 5.01 Å². The highest BCUT2D eigenvalue weighted by atomic mass is 32.1. The second-order valence-electron chi connectivity index (χ2n) is 6.61. The molecule has 0 aliphatic rings. The lowest BCUT2D eigenvalue weighted by Crippen LogP contribution is -2.30. The topological polar surface area (TPSA) is 46.1 Å². The van der Waals surface area contributed by atoms with Gasteiger partial charge < -0.3 is 0 Å². The number of amides is 1. The van der Waals surface area contributed by atoms with Crippen LogP contribution >= 0.6 is 11.3 Å². The van der Waals surface area contributed by atoms with Gasteiger partial charge in [0.05, 0.1) is 0 Å². The lowest BCUT2D eigenvalue weighted by molar-refractivity contribution is -0.118. The summed E-state index contributed by atoms with van der Waals surface area (Å²) in [6.07, 6.45) is 1.39. The van der Waals surface area contributed by atoms with Crippen LogP contribution in [0.25, 0.3) is 10.6 Å².